The van der Waals surface area contributed by atoms with Gasteiger partial charge in [0, 0.05) is 19.1 Å². The van der Waals surface area contributed by atoms with Crippen LogP contribution in [0.1, 0.15) is 65.2 Å². The molecule has 18 heavy (non-hydrogen) atoms. The molecule has 2 rings (SSSR count). The number of hydrogen-bond acceptors (Lipinski definition) is 2. The highest BCUT2D eigenvalue weighted by atomic mass is 15.2. The van der Waals surface area contributed by atoms with Crippen LogP contribution in [0.5, 0.6) is 0 Å². The van der Waals surface area contributed by atoms with Gasteiger partial charge in [0.25, 0.3) is 0 Å². The molecule has 1 atom stereocenters. The molecule has 2 fully saturated rings. The van der Waals surface area contributed by atoms with Gasteiger partial charge in [0.2, 0.25) is 0 Å². The van der Waals surface area contributed by atoms with Crippen LogP contribution in [0.3, 0.4) is 0 Å². The monoisotopic (exact) mass is 252 g/mol. The van der Waals surface area contributed by atoms with E-state index in [-0.39, 0.29) is 0 Å². The minimum Gasteiger partial charge on any atom is -0.316 e. The van der Waals surface area contributed by atoms with Gasteiger partial charge in [-0.05, 0) is 51.1 Å². The van der Waals surface area contributed by atoms with E-state index >= 15 is 0 Å². The maximum absolute atomic E-state index is 3.62. The Labute approximate surface area is 114 Å². The van der Waals surface area contributed by atoms with E-state index < -0.39 is 0 Å². The molecule has 1 aliphatic heterocycles. The summed E-state index contributed by atoms with van der Waals surface area (Å²) in [4.78, 5) is 2.80. The zero-order chi connectivity index (χ0) is 12.8. The minimum atomic E-state index is 0.592. The van der Waals surface area contributed by atoms with Gasteiger partial charge in [-0.2, -0.15) is 0 Å². The molecule has 1 saturated carbocycles. The molecule has 0 aromatic rings. The first-order valence-corrected chi connectivity index (χ1v) is 8.20. The van der Waals surface area contributed by atoms with Gasteiger partial charge in [0.1, 0.15) is 0 Å². The van der Waals surface area contributed by atoms with E-state index in [9.17, 15) is 0 Å². The van der Waals surface area contributed by atoms with Gasteiger partial charge in [-0.1, -0.05) is 32.6 Å². The molecule has 0 aromatic carbocycles. The van der Waals surface area contributed by atoms with Gasteiger partial charge in [0.05, 0.1) is 0 Å². The Morgan fingerprint density at radius 3 is 2.61 bits per heavy atom. The highest BCUT2D eigenvalue weighted by Gasteiger charge is 2.36. The highest BCUT2D eigenvalue weighted by Crippen LogP contribution is 2.39. The lowest BCUT2D eigenvalue weighted by Crippen LogP contribution is -2.45. The summed E-state index contributed by atoms with van der Waals surface area (Å²) in [6, 6.07) is 0.812. The number of likely N-dealkylation sites (tertiary alicyclic amines) is 1. The van der Waals surface area contributed by atoms with Crippen LogP contribution in [0.25, 0.3) is 0 Å². The molecule has 2 heteroatoms. The Balaban J connectivity index is 1.94. The summed E-state index contributed by atoms with van der Waals surface area (Å²) in [5.74, 6) is 0. The predicted molar refractivity (Wildman–Crippen MR) is 78.9 cm³/mol. The van der Waals surface area contributed by atoms with Crippen LogP contribution >= 0.6 is 0 Å². The van der Waals surface area contributed by atoms with E-state index in [0.29, 0.717) is 5.41 Å². The third kappa shape index (κ3) is 3.71. The number of rotatable bonds is 5. The van der Waals surface area contributed by atoms with Gasteiger partial charge in [-0.15, -0.1) is 0 Å². The van der Waals surface area contributed by atoms with E-state index in [1.807, 2.05) is 0 Å². The Hall–Kier alpha value is -0.0800. The summed E-state index contributed by atoms with van der Waals surface area (Å²) in [5, 5.41) is 3.62. The first-order chi connectivity index (χ1) is 8.76. The molecule has 1 saturated heterocycles. The molecule has 106 valence electrons. The van der Waals surface area contributed by atoms with E-state index in [4.69, 9.17) is 0 Å². The standard InChI is InChI=1S/C16H32N2/c1-3-17-13-16(10-6-7-11-16)14-18-12-8-4-5-9-15(18)2/h15,17H,3-14H2,1-2H3. The molecule has 0 spiro atoms. The fourth-order valence-electron chi connectivity index (χ4n) is 3.91. The van der Waals surface area contributed by atoms with Gasteiger partial charge < -0.3 is 10.2 Å². The molecule has 1 heterocycles. The summed E-state index contributed by atoms with van der Waals surface area (Å²) >= 11 is 0. The number of nitrogens with one attached hydrogen (secondary N) is 1. The largest absolute Gasteiger partial charge is 0.316 e. The topological polar surface area (TPSA) is 15.3 Å². The molecule has 0 bridgehead atoms. The van der Waals surface area contributed by atoms with Gasteiger partial charge in [-0.25, -0.2) is 0 Å². The van der Waals surface area contributed by atoms with Crippen LogP contribution in [0.2, 0.25) is 0 Å². The van der Waals surface area contributed by atoms with E-state index in [1.54, 1.807) is 0 Å². The lowest BCUT2D eigenvalue weighted by Gasteiger charge is -2.38. The van der Waals surface area contributed by atoms with Crippen molar-refractivity contribution in [2.45, 2.75) is 71.3 Å². The average Bonchev–Trinajstić information content (AvgIpc) is 2.74. The minimum absolute atomic E-state index is 0.592. The summed E-state index contributed by atoms with van der Waals surface area (Å²) in [7, 11) is 0. The zero-order valence-corrected chi connectivity index (χ0v) is 12.5. The lowest BCUT2D eigenvalue weighted by molar-refractivity contribution is 0.118. The van der Waals surface area contributed by atoms with Crippen LogP contribution in [0.15, 0.2) is 0 Å². The van der Waals surface area contributed by atoms with Crippen LogP contribution < -0.4 is 5.32 Å². The van der Waals surface area contributed by atoms with Crippen molar-refractivity contribution in [1.29, 1.82) is 0 Å². The fourth-order valence-corrected chi connectivity index (χ4v) is 3.91. The van der Waals surface area contributed by atoms with Gasteiger partial charge in [0.15, 0.2) is 0 Å². The second-order valence-electron chi connectivity index (χ2n) is 6.66. The highest BCUT2D eigenvalue weighted by molar-refractivity contribution is 4.90. The van der Waals surface area contributed by atoms with Crippen LogP contribution in [0, 0.1) is 5.41 Å². The summed E-state index contributed by atoms with van der Waals surface area (Å²) in [6.45, 7) is 9.73. The molecule has 2 nitrogen and oxygen atoms in total. The molecule has 2 aliphatic rings. The van der Waals surface area contributed by atoms with Crippen molar-refractivity contribution < 1.29 is 0 Å². The van der Waals surface area contributed by atoms with Crippen molar-refractivity contribution in [3.05, 3.63) is 0 Å². The smallest absolute Gasteiger partial charge is 0.00671 e. The van der Waals surface area contributed by atoms with E-state index in [1.165, 1.54) is 71.0 Å². The van der Waals surface area contributed by atoms with Crippen LogP contribution in [-0.2, 0) is 0 Å². The third-order valence-electron chi connectivity index (χ3n) is 5.14. The zero-order valence-electron chi connectivity index (χ0n) is 12.5. The summed E-state index contributed by atoms with van der Waals surface area (Å²) in [6.07, 6.45) is 11.5. The molecule has 1 N–H and O–H groups in total. The molecular weight excluding hydrogens is 220 g/mol. The van der Waals surface area contributed by atoms with Crippen LogP contribution in [0.4, 0.5) is 0 Å². The van der Waals surface area contributed by atoms with Crippen LogP contribution in [-0.4, -0.2) is 37.1 Å². The molecule has 1 unspecified atom stereocenters. The second kappa shape index (κ2) is 6.91. The average molecular weight is 252 g/mol. The first-order valence-electron chi connectivity index (χ1n) is 8.20. The first kappa shape index (κ1) is 14.3. The van der Waals surface area contributed by atoms with Gasteiger partial charge >= 0.3 is 0 Å². The maximum Gasteiger partial charge on any atom is 0.00671 e. The SMILES string of the molecule is CCNCC1(CN2CCCCCC2C)CCCC1. The normalized spacial score (nSPS) is 29.3. The summed E-state index contributed by atoms with van der Waals surface area (Å²) in [5.41, 5.74) is 0.592. The van der Waals surface area contributed by atoms with Crippen molar-refractivity contribution in [1.82, 2.24) is 10.2 Å². The molecule has 0 amide bonds. The van der Waals surface area contributed by atoms with E-state index in [2.05, 4.69) is 24.1 Å². The third-order valence-corrected chi connectivity index (χ3v) is 5.14. The molecule has 1 aliphatic carbocycles. The predicted octanol–water partition coefficient (Wildman–Crippen LogP) is 3.42. The quantitative estimate of drug-likeness (QED) is 0.806. The Kier molecular flexibility index (Phi) is 5.50. The van der Waals surface area contributed by atoms with Crippen molar-refractivity contribution in [3.63, 3.8) is 0 Å². The Bertz CT molecular complexity index is 233. The van der Waals surface area contributed by atoms with Crippen molar-refractivity contribution >= 4 is 0 Å². The number of hydrogen-bond donors (Lipinski definition) is 1. The van der Waals surface area contributed by atoms with Crippen molar-refractivity contribution in [2.75, 3.05) is 26.2 Å². The molecule has 0 radical (unpaired) electrons. The lowest BCUT2D eigenvalue weighted by atomic mass is 9.85. The maximum atomic E-state index is 3.62. The Morgan fingerprint density at radius 2 is 1.89 bits per heavy atom. The Morgan fingerprint density at radius 1 is 1.11 bits per heavy atom. The molecular formula is C16H32N2. The second-order valence-corrected chi connectivity index (χ2v) is 6.66. The van der Waals surface area contributed by atoms with E-state index in [0.717, 1.165) is 12.6 Å². The van der Waals surface area contributed by atoms with Gasteiger partial charge in [-0.3, -0.25) is 0 Å². The fraction of sp³-hybridized carbons (Fsp3) is 1.00. The molecule has 0 aromatic heterocycles. The summed E-state index contributed by atoms with van der Waals surface area (Å²) < 4.78 is 0. The van der Waals surface area contributed by atoms with Crippen molar-refractivity contribution in [3.8, 4) is 0 Å². The number of nitrogens with zero attached hydrogens (tertiary/aromatic N) is 1. The van der Waals surface area contributed by atoms with Crippen molar-refractivity contribution in [2.24, 2.45) is 5.41 Å².